The molecule has 0 aliphatic carbocycles. The number of halogens is 1. The van der Waals surface area contributed by atoms with Crippen molar-refractivity contribution in [2.75, 3.05) is 5.75 Å². The van der Waals surface area contributed by atoms with E-state index >= 15 is 0 Å². The van der Waals surface area contributed by atoms with Crippen LogP contribution in [0.3, 0.4) is 0 Å². The first-order valence-corrected chi connectivity index (χ1v) is 11.7. The molecule has 1 unspecified atom stereocenters. The molecule has 0 spiro atoms. The maximum Gasteiger partial charge on any atom is 0.194 e. The predicted molar refractivity (Wildman–Crippen MR) is 117 cm³/mol. The minimum absolute atomic E-state index is 0.502. The first kappa shape index (κ1) is 20.2. The van der Waals surface area contributed by atoms with Crippen molar-refractivity contribution in [3.05, 3.63) is 39.7 Å². The van der Waals surface area contributed by atoms with Gasteiger partial charge in [-0.15, -0.1) is 0 Å². The Balaban J connectivity index is 2.02. The third-order valence-electron chi connectivity index (χ3n) is 5.66. The molecule has 0 bridgehead atoms. The van der Waals surface area contributed by atoms with Crippen LogP contribution < -0.4 is 0 Å². The summed E-state index contributed by atoms with van der Waals surface area (Å²) in [4.78, 5) is 6.75. The van der Waals surface area contributed by atoms with Crippen LogP contribution in [0.15, 0.2) is 17.3 Å². The average molecular weight is 433 g/mol. The Bertz CT molecular complexity index is 1260. The van der Waals surface area contributed by atoms with Crippen molar-refractivity contribution >= 4 is 32.6 Å². The summed E-state index contributed by atoms with van der Waals surface area (Å²) in [5, 5.41) is 4.84. The Morgan fingerprint density at radius 3 is 2.41 bits per heavy atom. The maximum atomic E-state index is 14.3. The monoisotopic (exact) mass is 432 g/mol. The van der Waals surface area contributed by atoms with E-state index in [0.29, 0.717) is 27.0 Å². The van der Waals surface area contributed by atoms with Gasteiger partial charge in [-0.3, -0.25) is 8.61 Å². The van der Waals surface area contributed by atoms with Crippen LogP contribution in [0.5, 0.6) is 0 Å². The second-order valence-corrected chi connectivity index (χ2v) is 10.6. The van der Waals surface area contributed by atoms with Crippen molar-refractivity contribution in [1.29, 1.82) is 0 Å². The number of hydrogen-bond donors (Lipinski definition) is 0. The molecule has 0 radical (unpaired) electrons. The highest BCUT2D eigenvalue weighted by atomic mass is 32.2. The van der Waals surface area contributed by atoms with Crippen LogP contribution in [0.25, 0.3) is 21.9 Å². The van der Waals surface area contributed by atoms with Gasteiger partial charge in [0, 0.05) is 23.8 Å². The van der Waals surface area contributed by atoms with E-state index in [9.17, 15) is 8.60 Å². The van der Waals surface area contributed by atoms with E-state index in [0.717, 1.165) is 21.7 Å². The molecular weight excluding hydrogens is 407 g/mol. The van der Waals surface area contributed by atoms with Gasteiger partial charge >= 0.3 is 0 Å². The Morgan fingerprint density at radius 2 is 1.83 bits per heavy atom. The van der Waals surface area contributed by atoms with Crippen LogP contribution >= 0.6 is 11.3 Å². The molecule has 0 amide bonds. The third-order valence-corrected chi connectivity index (χ3v) is 8.32. The molecule has 1 atom stereocenters. The van der Waals surface area contributed by atoms with E-state index in [-0.39, 0.29) is 0 Å². The van der Waals surface area contributed by atoms with Gasteiger partial charge in [0.15, 0.2) is 4.96 Å². The largest absolute Gasteiger partial charge is 0.297 e. The number of imidazole rings is 1. The SMILES string of the molecule is CCS(=O)c1c(-c2cn3cc(C(C)(C)F)sc3n2)nn2c(C)c(C)c(C)c(C)c12. The molecule has 4 aromatic heterocycles. The number of rotatable bonds is 4. The first-order valence-electron chi connectivity index (χ1n) is 9.60. The van der Waals surface area contributed by atoms with Gasteiger partial charge in [-0.05, 0) is 58.2 Å². The fourth-order valence-electron chi connectivity index (χ4n) is 3.58. The van der Waals surface area contributed by atoms with Gasteiger partial charge in [0.2, 0.25) is 0 Å². The number of thiazole rings is 1. The van der Waals surface area contributed by atoms with Crippen LogP contribution in [0.2, 0.25) is 0 Å². The van der Waals surface area contributed by atoms with E-state index in [1.165, 1.54) is 22.5 Å². The van der Waals surface area contributed by atoms with E-state index in [4.69, 9.17) is 10.1 Å². The van der Waals surface area contributed by atoms with Crippen molar-refractivity contribution in [1.82, 2.24) is 19.0 Å². The number of aromatic nitrogens is 4. The summed E-state index contributed by atoms with van der Waals surface area (Å²) in [5.74, 6) is 0.502. The minimum Gasteiger partial charge on any atom is -0.297 e. The smallest absolute Gasteiger partial charge is 0.194 e. The molecule has 0 aliphatic rings. The molecule has 0 saturated heterocycles. The zero-order valence-corrected chi connectivity index (χ0v) is 19.4. The van der Waals surface area contributed by atoms with Crippen LogP contribution in [-0.4, -0.2) is 29.0 Å². The van der Waals surface area contributed by atoms with Crippen LogP contribution in [0, 0.1) is 27.7 Å². The van der Waals surface area contributed by atoms with Gasteiger partial charge in [-0.1, -0.05) is 18.3 Å². The normalized spacial score (nSPS) is 13.7. The standard InChI is InChI=1S/C21H25FN4OS2/c1-8-29(27)19-17(24-26-14(5)12(3)11(2)13(4)18(19)26)15-9-25-10-16(21(6,7)22)28-20(25)23-15/h9-10H,8H2,1-7H3. The highest BCUT2D eigenvalue weighted by molar-refractivity contribution is 7.85. The number of hydrogen-bond acceptors (Lipinski definition) is 4. The van der Waals surface area contributed by atoms with Gasteiger partial charge in [-0.25, -0.2) is 13.9 Å². The molecular formula is C21H25FN4OS2. The maximum absolute atomic E-state index is 14.3. The summed E-state index contributed by atoms with van der Waals surface area (Å²) < 4.78 is 31.1. The lowest BCUT2D eigenvalue weighted by Crippen LogP contribution is -2.05. The molecule has 5 nitrogen and oxygen atoms in total. The molecule has 4 aromatic rings. The predicted octanol–water partition coefficient (Wildman–Crippen LogP) is 5.28. The summed E-state index contributed by atoms with van der Waals surface area (Å²) >= 11 is 1.32. The van der Waals surface area contributed by atoms with Crippen LogP contribution in [0.4, 0.5) is 4.39 Å². The lowest BCUT2D eigenvalue weighted by molar-refractivity contribution is 0.226. The molecule has 0 aromatic carbocycles. The van der Waals surface area contributed by atoms with Crippen molar-refractivity contribution in [3.8, 4) is 11.4 Å². The van der Waals surface area contributed by atoms with Crippen LogP contribution in [-0.2, 0) is 16.5 Å². The molecule has 8 heteroatoms. The molecule has 0 N–H and O–H groups in total. The molecule has 0 saturated carbocycles. The quantitative estimate of drug-likeness (QED) is 0.441. The minimum atomic E-state index is -1.41. The van der Waals surface area contributed by atoms with Gasteiger partial charge in [-0.2, -0.15) is 5.10 Å². The van der Waals surface area contributed by atoms with Gasteiger partial charge < -0.3 is 0 Å². The highest BCUT2D eigenvalue weighted by Gasteiger charge is 2.27. The molecule has 154 valence electrons. The van der Waals surface area contributed by atoms with E-state index in [1.54, 1.807) is 20.0 Å². The van der Waals surface area contributed by atoms with Crippen molar-refractivity contribution in [2.24, 2.45) is 0 Å². The second kappa shape index (κ2) is 6.74. The number of fused-ring (bicyclic) bond motifs is 2. The second-order valence-electron chi connectivity index (χ2n) is 7.92. The zero-order chi connectivity index (χ0) is 21.2. The van der Waals surface area contributed by atoms with Gasteiger partial charge in [0.25, 0.3) is 0 Å². The first-order chi connectivity index (χ1) is 13.5. The van der Waals surface area contributed by atoms with Crippen molar-refractivity contribution in [2.45, 2.75) is 59.0 Å². The Hall–Kier alpha value is -2.06. The fourth-order valence-corrected chi connectivity index (χ4v) is 5.64. The van der Waals surface area contributed by atoms with E-state index in [2.05, 4.69) is 20.8 Å². The number of alkyl halides is 1. The van der Waals surface area contributed by atoms with E-state index in [1.807, 2.05) is 29.0 Å². The zero-order valence-electron chi connectivity index (χ0n) is 17.8. The lowest BCUT2D eigenvalue weighted by Gasteiger charge is -2.12. The lowest BCUT2D eigenvalue weighted by atomic mass is 10.0. The Kier molecular flexibility index (Phi) is 4.70. The Morgan fingerprint density at radius 1 is 1.14 bits per heavy atom. The third kappa shape index (κ3) is 3.04. The van der Waals surface area contributed by atoms with Crippen molar-refractivity contribution in [3.63, 3.8) is 0 Å². The molecule has 4 rings (SSSR count). The topological polar surface area (TPSA) is 51.7 Å². The average Bonchev–Trinajstić information content (AvgIpc) is 3.33. The van der Waals surface area contributed by atoms with Crippen LogP contribution in [0.1, 0.15) is 48.0 Å². The summed E-state index contributed by atoms with van der Waals surface area (Å²) in [6.07, 6.45) is 3.62. The Labute approximate surface area is 176 Å². The molecule has 4 heterocycles. The van der Waals surface area contributed by atoms with Crippen molar-refractivity contribution < 1.29 is 8.60 Å². The number of nitrogens with zero attached hydrogens (tertiary/aromatic N) is 4. The van der Waals surface area contributed by atoms with Gasteiger partial charge in [0.05, 0.1) is 26.1 Å². The summed E-state index contributed by atoms with van der Waals surface area (Å²) in [7, 11) is -1.20. The molecule has 0 fully saturated rings. The number of aryl methyl sites for hydroxylation is 2. The molecule has 29 heavy (non-hydrogen) atoms. The van der Waals surface area contributed by atoms with E-state index < -0.39 is 16.5 Å². The van der Waals surface area contributed by atoms with Gasteiger partial charge in [0.1, 0.15) is 17.1 Å². The molecule has 0 aliphatic heterocycles. The summed E-state index contributed by atoms with van der Waals surface area (Å²) in [6, 6.07) is 0. The summed E-state index contributed by atoms with van der Waals surface area (Å²) in [5.41, 5.74) is 5.29. The summed E-state index contributed by atoms with van der Waals surface area (Å²) in [6.45, 7) is 13.3. The number of pyridine rings is 1. The fraction of sp³-hybridized carbons (Fsp3) is 0.429. The highest BCUT2D eigenvalue weighted by Crippen LogP contribution is 2.36.